The van der Waals surface area contributed by atoms with E-state index >= 15 is 0 Å². The van der Waals surface area contributed by atoms with Crippen molar-refractivity contribution in [2.45, 2.75) is 71.6 Å². The minimum Gasteiger partial charge on any atom is -0.508 e. The fourth-order valence-electron chi connectivity index (χ4n) is 8.82. The summed E-state index contributed by atoms with van der Waals surface area (Å²) < 4.78 is 0. The van der Waals surface area contributed by atoms with E-state index in [0.29, 0.717) is 11.8 Å². The van der Waals surface area contributed by atoms with E-state index in [9.17, 15) is 29.7 Å². The maximum atomic E-state index is 12.8. The molecule has 6 heteroatoms. The first-order valence-electron chi connectivity index (χ1n) is 12.5. The lowest BCUT2D eigenvalue weighted by molar-refractivity contribution is -0.129. The largest absolute Gasteiger partial charge is 0.508 e. The summed E-state index contributed by atoms with van der Waals surface area (Å²) in [7, 11) is 0. The summed E-state index contributed by atoms with van der Waals surface area (Å²) in [6.45, 7) is 6.16. The van der Waals surface area contributed by atoms with Crippen molar-refractivity contribution in [1.29, 1.82) is 0 Å². The quantitative estimate of drug-likeness (QED) is 0.563. The van der Waals surface area contributed by atoms with Crippen molar-refractivity contribution in [3.8, 4) is 11.5 Å². The summed E-state index contributed by atoms with van der Waals surface area (Å²) >= 11 is 0. The molecule has 5 rings (SSSR count). The number of phenolic OH excluding ortho intramolecular Hbond substituents is 1. The molecular weight excluding hydrogens is 432 g/mol. The zero-order valence-corrected chi connectivity index (χ0v) is 20.1. The molecule has 1 aromatic carbocycles. The third kappa shape index (κ3) is 3.03. The second-order valence-electron chi connectivity index (χ2n) is 11.6. The van der Waals surface area contributed by atoms with Gasteiger partial charge in [-0.05, 0) is 92.2 Å². The first-order valence-corrected chi connectivity index (χ1v) is 12.5. The molecule has 4 aliphatic carbocycles. The van der Waals surface area contributed by atoms with Crippen molar-refractivity contribution < 1.29 is 29.7 Å². The number of ketones is 2. The van der Waals surface area contributed by atoms with Gasteiger partial charge in [-0.2, -0.15) is 0 Å². The molecule has 0 saturated heterocycles. The van der Waals surface area contributed by atoms with Crippen molar-refractivity contribution >= 4 is 17.5 Å². The molecule has 0 radical (unpaired) electrons. The highest BCUT2D eigenvalue weighted by Crippen LogP contribution is 2.69. The number of carboxylic acid groups (broad SMARTS) is 1. The van der Waals surface area contributed by atoms with Crippen LogP contribution in [-0.4, -0.2) is 32.9 Å². The average Bonchev–Trinajstić information content (AvgIpc) is 3.12. The Kier molecular flexibility index (Phi) is 5.23. The number of aromatic hydroxyl groups is 2. The van der Waals surface area contributed by atoms with Gasteiger partial charge in [0.25, 0.3) is 0 Å². The van der Waals surface area contributed by atoms with Crippen LogP contribution in [0.1, 0.15) is 87.6 Å². The van der Waals surface area contributed by atoms with E-state index in [4.69, 9.17) is 0 Å². The van der Waals surface area contributed by atoms with E-state index in [2.05, 4.69) is 13.8 Å². The van der Waals surface area contributed by atoms with Gasteiger partial charge in [0.2, 0.25) is 0 Å². The van der Waals surface area contributed by atoms with Crippen LogP contribution in [0.4, 0.5) is 0 Å². The number of aromatic carboxylic acids is 1. The van der Waals surface area contributed by atoms with Gasteiger partial charge < -0.3 is 15.3 Å². The van der Waals surface area contributed by atoms with Gasteiger partial charge in [0.1, 0.15) is 22.8 Å². The zero-order valence-electron chi connectivity index (χ0n) is 20.1. The molecule has 182 valence electrons. The number of hydrogen-bond donors (Lipinski definition) is 3. The number of Topliss-reactive ketones (excluding diaryl/α,β-unsaturated/α-hetero) is 1. The van der Waals surface area contributed by atoms with E-state index in [1.807, 2.05) is 0 Å². The maximum absolute atomic E-state index is 12.8. The first kappa shape index (κ1) is 23.1. The average molecular weight is 467 g/mol. The molecule has 0 amide bonds. The van der Waals surface area contributed by atoms with Crippen LogP contribution < -0.4 is 0 Å². The lowest BCUT2D eigenvalue weighted by Crippen LogP contribution is -2.53. The zero-order chi connectivity index (χ0) is 24.6. The van der Waals surface area contributed by atoms with Crippen molar-refractivity contribution in [3.05, 3.63) is 34.9 Å². The van der Waals surface area contributed by atoms with Crippen LogP contribution in [0.15, 0.2) is 23.8 Å². The summed E-state index contributed by atoms with van der Waals surface area (Å²) in [6.07, 6.45) is 7.48. The fourth-order valence-corrected chi connectivity index (χ4v) is 8.82. The molecule has 6 nitrogen and oxygen atoms in total. The number of carbonyl (C=O) groups excluding carboxylic acids is 2. The van der Waals surface area contributed by atoms with Crippen LogP contribution >= 0.6 is 0 Å². The van der Waals surface area contributed by atoms with E-state index in [-0.39, 0.29) is 52.1 Å². The Hall–Kier alpha value is -2.63. The first-order chi connectivity index (χ1) is 16.0. The van der Waals surface area contributed by atoms with Gasteiger partial charge >= 0.3 is 5.97 Å². The summed E-state index contributed by atoms with van der Waals surface area (Å²) in [4.78, 5) is 37.0. The van der Waals surface area contributed by atoms with E-state index in [1.54, 1.807) is 13.0 Å². The molecule has 3 N–H and O–H groups in total. The number of fused-ring (bicyclic) bond motifs is 5. The van der Waals surface area contributed by atoms with Gasteiger partial charge in [-0.1, -0.05) is 19.4 Å². The van der Waals surface area contributed by atoms with Gasteiger partial charge in [0, 0.05) is 23.8 Å². The van der Waals surface area contributed by atoms with E-state index in [1.165, 1.54) is 12.1 Å². The minimum atomic E-state index is -1.27. The SMILES string of the molecule is CC(=O)[C@H]1CC[C@H]2[C@@H]3CCC4=CC(=O)CC(c5c(O)ccc(C(=O)O)c5O)[C@@]4(C)[C@H]3CC[C@]12C. The number of benzene rings is 1. The Morgan fingerprint density at radius 3 is 2.44 bits per heavy atom. The number of allylic oxidation sites excluding steroid dienone is 1. The molecule has 4 aliphatic rings. The molecule has 0 bridgehead atoms. The summed E-state index contributed by atoms with van der Waals surface area (Å²) in [5.41, 5.74) is 0.502. The monoisotopic (exact) mass is 466 g/mol. The second-order valence-corrected chi connectivity index (χ2v) is 11.6. The molecule has 1 aromatic rings. The predicted octanol–water partition coefficient (Wildman–Crippen LogP) is 5.23. The highest BCUT2D eigenvalue weighted by Gasteiger charge is 2.62. The molecule has 0 spiro atoms. The molecule has 34 heavy (non-hydrogen) atoms. The molecule has 0 heterocycles. The normalized spacial score (nSPS) is 39.0. The molecule has 3 saturated carbocycles. The van der Waals surface area contributed by atoms with Crippen LogP contribution in [0.3, 0.4) is 0 Å². The van der Waals surface area contributed by atoms with Crippen LogP contribution in [0.5, 0.6) is 11.5 Å². The number of carboxylic acids is 1. The smallest absolute Gasteiger partial charge is 0.339 e. The number of phenols is 2. The van der Waals surface area contributed by atoms with Gasteiger partial charge in [0.05, 0.1) is 0 Å². The minimum absolute atomic E-state index is 0.00192. The lowest BCUT2D eigenvalue weighted by atomic mass is 9.44. The summed E-state index contributed by atoms with van der Waals surface area (Å²) in [6, 6.07) is 2.52. The van der Waals surface area contributed by atoms with E-state index in [0.717, 1.165) is 44.1 Å². The molecule has 7 atom stereocenters. The Bertz CT molecular complexity index is 1120. The molecule has 3 fully saturated rings. The third-order valence-electron chi connectivity index (χ3n) is 10.4. The number of hydrogen-bond acceptors (Lipinski definition) is 5. The Morgan fingerprint density at radius 2 is 1.76 bits per heavy atom. The number of carbonyl (C=O) groups is 3. The number of rotatable bonds is 3. The molecular formula is C28H34O6. The summed E-state index contributed by atoms with van der Waals surface area (Å²) in [5.74, 6) is -0.956. The van der Waals surface area contributed by atoms with Gasteiger partial charge in [-0.15, -0.1) is 0 Å². The Labute approximate surface area is 200 Å². The van der Waals surface area contributed by atoms with Crippen LogP contribution in [0, 0.1) is 34.5 Å². The highest BCUT2D eigenvalue weighted by molar-refractivity contribution is 5.94. The molecule has 0 aliphatic heterocycles. The molecule has 0 aromatic heterocycles. The van der Waals surface area contributed by atoms with Crippen LogP contribution in [0.2, 0.25) is 0 Å². The maximum Gasteiger partial charge on any atom is 0.339 e. The molecule has 1 unspecified atom stereocenters. The Balaban J connectivity index is 1.62. The van der Waals surface area contributed by atoms with E-state index < -0.39 is 23.1 Å². The van der Waals surface area contributed by atoms with Gasteiger partial charge in [-0.25, -0.2) is 4.79 Å². The van der Waals surface area contributed by atoms with Gasteiger partial charge in [-0.3, -0.25) is 9.59 Å². The standard InChI is InChI=1S/C28H34O6/c1-14(29)19-7-8-20-17-5-4-15-12-16(30)13-22(28(15,3)21(17)10-11-27(19,20)2)24-23(31)9-6-18(25(24)32)26(33)34/h6,9,12,17,19-22,31-32H,4-5,7-8,10-11,13H2,1-3H3,(H,33,34)/t17-,19+,20-,21-,22?,27+,28+/m0/s1. The van der Waals surface area contributed by atoms with Crippen molar-refractivity contribution in [3.63, 3.8) is 0 Å². The predicted molar refractivity (Wildman–Crippen MR) is 126 cm³/mol. The van der Waals surface area contributed by atoms with Crippen molar-refractivity contribution in [2.24, 2.45) is 34.5 Å². The van der Waals surface area contributed by atoms with Crippen molar-refractivity contribution in [1.82, 2.24) is 0 Å². The summed E-state index contributed by atoms with van der Waals surface area (Å²) in [5, 5.41) is 31.3. The van der Waals surface area contributed by atoms with Crippen molar-refractivity contribution in [2.75, 3.05) is 0 Å². The van der Waals surface area contributed by atoms with Crippen LogP contribution in [-0.2, 0) is 9.59 Å². The topological polar surface area (TPSA) is 112 Å². The highest BCUT2D eigenvalue weighted by atomic mass is 16.4. The lowest BCUT2D eigenvalue weighted by Gasteiger charge is -2.60. The fraction of sp³-hybridized carbons (Fsp3) is 0.607. The third-order valence-corrected chi connectivity index (χ3v) is 10.4. The van der Waals surface area contributed by atoms with Gasteiger partial charge in [0.15, 0.2) is 5.78 Å². The second kappa shape index (κ2) is 7.69. The Morgan fingerprint density at radius 1 is 1.03 bits per heavy atom. The van der Waals surface area contributed by atoms with Crippen LogP contribution in [0.25, 0.3) is 0 Å².